The lowest BCUT2D eigenvalue weighted by Crippen LogP contribution is -2.36. The van der Waals surface area contributed by atoms with E-state index in [4.69, 9.17) is 5.73 Å². The molecule has 1 aliphatic rings. The lowest BCUT2D eigenvalue weighted by molar-refractivity contribution is 0.217. The van der Waals surface area contributed by atoms with Gasteiger partial charge in [-0.3, -0.25) is 0 Å². The maximum Gasteiger partial charge on any atom is 0.00903 e. The quantitative estimate of drug-likeness (QED) is 0.720. The molecular weight excluding hydrogens is 195 g/mol. The van der Waals surface area contributed by atoms with E-state index in [-0.39, 0.29) is 24.8 Å². The molecule has 0 unspecified atom stereocenters. The molecule has 1 rings (SSSR count). The van der Waals surface area contributed by atoms with Crippen LogP contribution in [0.1, 0.15) is 25.7 Å². The monoisotopic (exact) mass is 214 g/mol. The Labute approximate surface area is 87.7 Å². The fourth-order valence-corrected chi connectivity index (χ4v) is 1.62. The summed E-state index contributed by atoms with van der Waals surface area (Å²) < 4.78 is 0. The van der Waals surface area contributed by atoms with E-state index >= 15 is 0 Å². The second kappa shape index (κ2) is 6.96. The van der Waals surface area contributed by atoms with Crippen molar-refractivity contribution in [3.63, 3.8) is 0 Å². The van der Waals surface area contributed by atoms with Crippen molar-refractivity contribution in [3.8, 4) is 0 Å². The Kier molecular flexibility index (Phi) is 8.69. The van der Waals surface area contributed by atoms with Crippen molar-refractivity contribution in [2.24, 2.45) is 5.73 Å². The molecule has 76 valence electrons. The summed E-state index contributed by atoms with van der Waals surface area (Å²) in [6.07, 6.45) is 4.99. The Balaban J connectivity index is 0. The van der Waals surface area contributed by atoms with Crippen LogP contribution in [0.25, 0.3) is 0 Å². The van der Waals surface area contributed by atoms with Crippen molar-refractivity contribution in [1.82, 2.24) is 4.90 Å². The summed E-state index contributed by atoms with van der Waals surface area (Å²) in [7, 11) is 4.31. The molecule has 0 aliphatic heterocycles. The van der Waals surface area contributed by atoms with Crippen molar-refractivity contribution >= 4 is 24.8 Å². The minimum Gasteiger partial charge on any atom is -0.328 e. The first-order chi connectivity index (χ1) is 4.70. The molecule has 0 bridgehead atoms. The van der Waals surface area contributed by atoms with E-state index in [0.717, 1.165) is 6.04 Å². The van der Waals surface area contributed by atoms with Crippen LogP contribution in [0.4, 0.5) is 0 Å². The van der Waals surface area contributed by atoms with Gasteiger partial charge < -0.3 is 10.6 Å². The van der Waals surface area contributed by atoms with Crippen LogP contribution in [0.15, 0.2) is 0 Å². The van der Waals surface area contributed by atoms with Crippen LogP contribution in [-0.2, 0) is 0 Å². The third-order valence-corrected chi connectivity index (χ3v) is 2.47. The van der Waals surface area contributed by atoms with E-state index in [1.807, 2.05) is 0 Å². The van der Waals surface area contributed by atoms with E-state index < -0.39 is 0 Å². The molecule has 0 saturated heterocycles. The Bertz CT molecular complexity index is 101. The topological polar surface area (TPSA) is 29.3 Å². The van der Waals surface area contributed by atoms with Crippen molar-refractivity contribution < 1.29 is 0 Å². The maximum absolute atomic E-state index is 5.78. The van der Waals surface area contributed by atoms with Crippen molar-refractivity contribution in [3.05, 3.63) is 0 Å². The van der Waals surface area contributed by atoms with E-state index in [0.29, 0.717) is 6.04 Å². The van der Waals surface area contributed by atoms with Gasteiger partial charge in [0.25, 0.3) is 0 Å². The number of halogens is 2. The van der Waals surface area contributed by atoms with Gasteiger partial charge in [-0.25, -0.2) is 0 Å². The Hall–Kier alpha value is 0.500. The Morgan fingerprint density at radius 3 is 1.75 bits per heavy atom. The molecule has 0 radical (unpaired) electrons. The minimum atomic E-state index is 0. The molecule has 12 heavy (non-hydrogen) atoms. The van der Waals surface area contributed by atoms with Gasteiger partial charge in [0.05, 0.1) is 0 Å². The predicted octanol–water partition coefficient (Wildman–Crippen LogP) is 1.66. The third-order valence-electron chi connectivity index (χ3n) is 2.47. The Morgan fingerprint density at radius 1 is 1.00 bits per heavy atom. The van der Waals surface area contributed by atoms with Crippen LogP contribution in [0, 0.1) is 0 Å². The van der Waals surface area contributed by atoms with Crippen molar-refractivity contribution in [1.29, 1.82) is 0 Å². The average molecular weight is 215 g/mol. The van der Waals surface area contributed by atoms with Gasteiger partial charge in [-0.2, -0.15) is 0 Å². The summed E-state index contributed by atoms with van der Waals surface area (Å²) in [5.74, 6) is 0. The van der Waals surface area contributed by atoms with Crippen LogP contribution in [-0.4, -0.2) is 31.1 Å². The molecular formula is C8H20Cl2N2. The summed E-state index contributed by atoms with van der Waals surface area (Å²) in [5, 5.41) is 0. The van der Waals surface area contributed by atoms with E-state index in [2.05, 4.69) is 19.0 Å². The number of nitrogens with zero attached hydrogens (tertiary/aromatic N) is 1. The van der Waals surface area contributed by atoms with Crippen molar-refractivity contribution in [2.75, 3.05) is 14.1 Å². The Morgan fingerprint density at radius 2 is 1.42 bits per heavy atom. The number of rotatable bonds is 1. The third kappa shape index (κ3) is 4.51. The zero-order chi connectivity index (χ0) is 7.56. The van der Waals surface area contributed by atoms with Crippen LogP contribution in [0.2, 0.25) is 0 Å². The zero-order valence-electron chi connectivity index (χ0n) is 7.82. The highest BCUT2D eigenvalue weighted by atomic mass is 35.5. The lowest BCUT2D eigenvalue weighted by atomic mass is 9.91. The van der Waals surface area contributed by atoms with E-state index in [9.17, 15) is 0 Å². The molecule has 1 fully saturated rings. The predicted molar refractivity (Wildman–Crippen MR) is 58.4 cm³/mol. The molecule has 1 aliphatic carbocycles. The van der Waals surface area contributed by atoms with Gasteiger partial charge in [-0.05, 0) is 39.8 Å². The summed E-state index contributed by atoms with van der Waals surface area (Å²) in [6, 6.07) is 1.27. The molecule has 0 spiro atoms. The largest absolute Gasteiger partial charge is 0.328 e. The minimum absolute atomic E-state index is 0. The second-order valence-electron chi connectivity index (χ2n) is 3.53. The molecule has 0 aromatic heterocycles. The van der Waals surface area contributed by atoms with Crippen LogP contribution >= 0.6 is 24.8 Å². The zero-order valence-corrected chi connectivity index (χ0v) is 9.46. The van der Waals surface area contributed by atoms with Gasteiger partial charge in [0.2, 0.25) is 0 Å². The fourth-order valence-electron chi connectivity index (χ4n) is 1.62. The van der Waals surface area contributed by atoms with Gasteiger partial charge in [0.1, 0.15) is 0 Å². The first-order valence-corrected chi connectivity index (χ1v) is 4.12. The first-order valence-electron chi connectivity index (χ1n) is 4.12. The second-order valence-corrected chi connectivity index (χ2v) is 3.53. The molecule has 1 saturated carbocycles. The number of hydrogen-bond donors (Lipinski definition) is 1. The first kappa shape index (κ1) is 15.0. The summed E-state index contributed by atoms with van der Waals surface area (Å²) in [5.41, 5.74) is 5.78. The van der Waals surface area contributed by atoms with Crippen LogP contribution < -0.4 is 5.73 Å². The van der Waals surface area contributed by atoms with E-state index in [1.54, 1.807) is 0 Å². The molecule has 2 nitrogen and oxygen atoms in total. The van der Waals surface area contributed by atoms with E-state index in [1.165, 1.54) is 25.7 Å². The van der Waals surface area contributed by atoms with Gasteiger partial charge >= 0.3 is 0 Å². The summed E-state index contributed by atoms with van der Waals surface area (Å²) in [4.78, 5) is 2.31. The standard InChI is InChI=1S/C8H18N2.2ClH/c1-10(2)8-5-3-7(9)4-6-8;;/h7-8H,3-6,9H2,1-2H3;2*1H. The molecule has 0 amide bonds. The maximum atomic E-state index is 5.78. The smallest absolute Gasteiger partial charge is 0.00903 e. The number of hydrogen-bond acceptors (Lipinski definition) is 2. The molecule has 0 atom stereocenters. The van der Waals surface area contributed by atoms with Crippen LogP contribution in [0.3, 0.4) is 0 Å². The SMILES string of the molecule is CN(C)C1CCC(N)CC1.Cl.Cl. The highest BCUT2D eigenvalue weighted by Crippen LogP contribution is 2.19. The van der Waals surface area contributed by atoms with Crippen molar-refractivity contribution in [2.45, 2.75) is 37.8 Å². The highest BCUT2D eigenvalue weighted by molar-refractivity contribution is 5.85. The van der Waals surface area contributed by atoms with Gasteiger partial charge in [-0.15, -0.1) is 24.8 Å². The molecule has 0 aromatic carbocycles. The van der Waals surface area contributed by atoms with Gasteiger partial charge in [0.15, 0.2) is 0 Å². The number of nitrogens with two attached hydrogens (primary N) is 1. The average Bonchev–Trinajstić information content (AvgIpc) is 1.88. The van der Waals surface area contributed by atoms with Crippen LogP contribution in [0.5, 0.6) is 0 Å². The fraction of sp³-hybridized carbons (Fsp3) is 1.00. The highest BCUT2D eigenvalue weighted by Gasteiger charge is 2.19. The lowest BCUT2D eigenvalue weighted by Gasteiger charge is -2.30. The molecule has 4 heteroatoms. The normalized spacial score (nSPS) is 29.0. The molecule has 0 aromatic rings. The molecule has 2 N–H and O–H groups in total. The summed E-state index contributed by atoms with van der Waals surface area (Å²) >= 11 is 0. The molecule has 0 heterocycles. The van der Waals surface area contributed by atoms with Gasteiger partial charge in [-0.1, -0.05) is 0 Å². The van der Waals surface area contributed by atoms with Gasteiger partial charge in [0, 0.05) is 12.1 Å². The summed E-state index contributed by atoms with van der Waals surface area (Å²) in [6.45, 7) is 0.